The molecule has 3 rings (SSSR count). The summed E-state index contributed by atoms with van der Waals surface area (Å²) in [5.41, 5.74) is 1.63. The lowest BCUT2D eigenvalue weighted by atomic mass is 9.98. The van der Waals surface area contributed by atoms with Crippen LogP contribution in [0, 0.1) is 30.2 Å². The van der Waals surface area contributed by atoms with Gasteiger partial charge in [-0.2, -0.15) is 4.39 Å². The Hall–Kier alpha value is -2.82. The fourth-order valence-corrected chi connectivity index (χ4v) is 2.92. The van der Waals surface area contributed by atoms with E-state index in [1.807, 2.05) is 31.2 Å². The van der Waals surface area contributed by atoms with E-state index in [2.05, 4.69) is 4.74 Å². The Morgan fingerprint density at radius 3 is 1.89 bits per heavy atom. The quantitative estimate of drug-likeness (QED) is 0.497. The van der Waals surface area contributed by atoms with Gasteiger partial charge in [-0.3, -0.25) is 0 Å². The summed E-state index contributed by atoms with van der Waals surface area (Å²) in [6.07, 6.45) is 0.840. The van der Waals surface area contributed by atoms with Crippen LogP contribution in [0.2, 0.25) is 0 Å². The van der Waals surface area contributed by atoms with Gasteiger partial charge < -0.3 is 4.74 Å². The third-order valence-electron chi connectivity index (χ3n) is 4.52. The fraction of sp³-hybridized carbons (Fsp3) is 0.182. The summed E-state index contributed by atoms with van der Waals surface area (Å²) in [5.74, 6) is -5.06. The van der Waals surface area contributed by atoms with E-state index in [1.54, 1.807) is 0 Å². The van der Waals surface area contributed by atoms with Crippen LogP contribution in [-0.4, -0.2) is 7.11 Å². The molecule has 0 saturated heterocycles. The highest BCUT2D eigenvalue weighted by Gasteiger charge is 2.21. The van der Waals surface area contributed by atoms with Crippen molar-refractivity contribution in [3.63, 3.8) is 0 Å². The second kappa shape index (κ2) is 7.82. The molecule has 0 unspecified atom stereocenters. The SMILES string of the molecule is COc1ccc(-c2ccc(CCc3ccc(C)cc3)c(F)c2F)c(F)c1F. The van der Waals surface area contributed by atoms with Gasteiger partial charge in [-0.15, -0.1) is 0 Å². The molecule has 0 N–H and O–H groups in total. The van der Waals surface area contributed by atoms with Crippen molar-refractivity contribution in [3.8, 4) is 16.9 Å². The third-order valence-corrected chi connectivity index (χ3v) is 4.52. The molecule has 27 heavy (non-hydrogen) atoms. The van der Waals surface area contributed by atoms with Crippen LogP contribution < -0.4 is 4.74 Å². The lowest BCUT2D eigenvalue weighted by molar-refractivity contribution is 0.372. The molecule has 0 amide bonds. The second-order valence-electron chi connectivity index (χ2n) is 6.33. The molecule has 0 aliphatic heterocycles. The summed E-state index contributed by atoms with van der Waals surface area (Å²) in [4.78, 5) is 0. The topological polar surface area (TPSA) is 9.23 Å². The van der Waals surface area contributed by atoms with Crippen molar-refractivity contribution in [2.24, 2.45) is 0 Å². The van der Waals surface area contributed by atoms with Crippen LogP contribution in [0.5, 0.6) is 5.75 Å². The van der Waals surface area contributed by atoms with Crippen molar-refractivity contribution in [2.45, 2.75) is 19.8 Å². The van der Waals surface area contributed by atoms with Crippen molar-refractivity contribution in [1.82, 2.24) is 0 Å². The predicted octanol–water partition coefficient (Wildman–Crippen LogP) is 6.01. The van der Waals surface area contributed by atoms with Crippen LogP contribution in [0.3, 0.4) is 0 Å². The van der Waals surface area contributed by atoms with Gasteiger partial charge in [0.2, 0.25) is 5.82 Å². The van der Waals surface area contributed by atoms with E-state index in [1.165, 1.54) is 31.4 Å². The second-order valence-corrected chi connectivity index (χ2v) is 6.33. The smallest absolute Gasteiger partial charge is 0.201 e. The zero-order chi connectivity index (χ0) is 19.6. The summed E-state index contributed by atoms with van der Waals surface area (Å²) in [7, 11) is 1.20. The number of hydrogen-bond donors (Lipinski definition) is 0. The van der Waals surface area contributed by atoms with Crippen LogP contribution in [0.15, 0.2) is 48.5 Å². The van der Waals surface area contributed by atoms with E-state index in [9.17, 15) is 17.6 Å². The Morgan fingerprint density at radius 1 is 0.667 bits per heavy atom. The van der Waals surface area contributed by atoms with Gasteiger partial charge in [0.1, 0.15) is 0 Å². The van der Waals surface area contributed by atoms with Gasteiger partial charge in [-0.1, -0.05) is 42.0 Å². The molecule has 3 aromatic rings. The number of benzene rings is 3. The number of methoxy groups -OCH3 is 1. The standard InChI is InChI=1S/C22H18F4O/c1-13-3-5-14(6-4-13)7-8-15-9-10-16(20(24)19(15)23)17-11-12-18(27-2)22(26)21(17)25/h3-6,9-12H,7-8H2,1-2H3. The highest BCUT2D eigenvalue weighted by atomic mass is 19.2. The van der Waals surface area contributed by atoms with E-state index in [4.69, 9.17) is 0 Å². The number of rotatable bonds is 5. The third kappa shape index (κ3) is 3.82. The van der Waals surface area contributed by atoms with E-state index < -0.39 is 23.3 Å². The fourth-order valence-electron chi connectivity index (χ4n) is 2.92. The number of aryl methyl sites for hydroxylation is 3. The molecule has 1 nitrogen and oxygen atoms in total. The van der Waals surface area contributed by atoms with Crippen molar-refractivity contribution in [1.29, 1.82) is 0 Å². The lowest BCUT2D eigenvalue weighted by Crippen LogP contribution is -2.02. The zero-order valence-corrected chi connectivity index (χ0v) is 15.0. The van der Waals surface area contributed by atoms with Gasteiger partial charge in [0.05, 0.1) is 7.11 Å². The minimum atomic E-state index is -1.28. The summed E-state index contributed by atoms with van der Waals surface area (Å²) in [6, 6.07) is 12.8. The highest BCUT2D eigenvalue weighted by Crippen LogP contribution is 2.33. The monoisotopic (exact) mass is 374 g/mol. The van der Waals surface area contributed by atoms with Crippen LogP contribution in [0.4, 0.5) is 17.6 Å². The molecule has 0 aliphatic rings. The molecule has 140 valence electrons. The largest absolute Gasteiger partial charge is 0.494 e. The van der Waals surface area contributed by atoms with Gasteiger partial charge in [0, 0.05) is 11.1 Å². The first-order valence-electron chi connectivity index (χ1n) is 8.47. The summed E-state index contributed by atoms with van der Waals surface area (Å²) in [5, 5.41) is 0. The maximum atomic E-state index is 14.5. The zero-order valence-electron chi connectivity index (χ0n) is 15.0. The number of halogens is 4. The minimum Gasteiger partial charge on any atom is -0.494 e. The van der Waals surface area contributed by atoms with Gasteiger partial charge in [-0.25, -0.2) is 13.2 Å². The average molecular weight is 374 g/mol. The minimum absolute atomic E-state index is 0.186. The Kier molecular flexibility index (Phi) is 5.49. The van der Waals surface area contributed by atoms with Crippen LogP contribution in [0.1, 0.15) is 16.7 Å². The van der Waals surface area contributed by atoms with Crippen molar-refractivity contribution < 1.29 is 22.3 Å². The van der Waals surface area contributed by atoms with Crippen LogP contribution in [-0.2, 0) is 12.8 Å². The highest BCUT2D eigenvalue weighted by molar-refractivity contribution is 5.66. The molecular formula is C22H18F4O. The van der Waals surface area contributed by atoms with Gasteiger partial charge in [0.15, 0.2) is 23.2 Å². The van der Waals surface area contributed by atoms with Crippen LogP contribution in [0.25, 0.3) is 11.1 Å². The molecule has 0 aliphatic carbocycles. The lowest BCUT2D eigenvalue weighted by Gasteiger charge is -2.11. The first kappa shape index (κ1) is 19.0. The Balaban J connectivity index is 1.89. The van der Waals surface area contributed by atoms with Gasteiger partial charge in [-0.05, 0) is 43.0 Å². The molecule has 0 aromatic heterocycles. The van der Waals surface area contributed by atoms with Gasteiger partial charge >= 0.3 is 0 Å². The summed E-state index contributed by atoms with van der Waals surface area (Å²) < 4.78 is 61.8. The molecule has 0 spiro atoms. The molecule has 0 fully saturated rings. The number of ether oxygens (including phenoxy) is 1. The van der Waals surface area contributed by atoms with Crippen molar-refractivity contribution in [2.75, 3.05) is 7.11 Å². The molecule has 0 radical (unpaired) electrons. The molecule has 0 heterocycles. The first-order valence-corrected chi connectivity index (χ1v) is 8.47. The first-order chi connectivity index (χ1) is 12.9. The van der Waals surface area contributed by atoms with Crippen molar-refractivity contribution in [3.05, 3.63) is 88.5 Å². The Morgan fingerprint density at radius 2 is 1.26 bits per heavy atom. The average Bonchev–Trinajstić information content (AvgIpc) is 2.67. The number of hydrogen-bond acceptors (Lipinski definition) is 1. The molecule has 0 saturated carbocycles. The maximum absolute atomic E-state index is 14.5. The van der Waals surface area contributed by atoms with E-state index in [-0.39, 0.29) is 22.4 Å². The molecule has 0 atom stereocenters. The summed E-state index contributed by atoms with van der Waals surface area (Å²) in [6.45, 7) is 1.97. The maximum Gasteiger partial charge on any atom is 0.201 e. The van der Waals surface area contributed by atoms with E-state index in [0.29, 0.717) is 12.8 Å². The van der Waals surface area contributed by atoms with Gasteiger partial charge in [0.25, 0.3) is 0 Å². The molecule has 3 aromatic carbocycles. The van der Waals surface area contributed by atoms with Crippen LogP contribution >= 0.6 is 0 Å². The van der Waals surface area contributed by atoms with E-state index in [0.717, 1.165) is 11.1 Å². The molecule has 5 heteroatoms. The van der Waals surface area contributed by atoms with Crippen molar-refractivity contribution >= 4 is 0 Å². The predicted molar refractivity (Wildman–Crippen MR) is 96.8 cm³/mol. The molecule has 0 bridgehead atoms. The summed E-state index contributed by atoms with van der Waals surface area (Å²) >= 11 is 0. The molecular weight excluding hydrogens is 356 g/mol. The van der Waals surface area contributed by atoms with E-state index >= 15 is 0 Å². The Bertz CT molecular complexity index is 965. The normalized spacial score (nSPS) is 10.9. The Labute approximate surface area is 155 Å².